The number of methoxy groups -OCH3 is 2. The number of aromatic nitrogens is 1. The van der Waals surface area contributed by atoms with Crippen LogP contribution in [0, 0.1) is 0 Å². The normalized spacial score (nSPS) is 13.8. The van der Waals surface area contributed by atoms with Crippen LogP contribution < -0.4 is 9.47 Å². The van der Waals surface area contributed by atoms with Crippen molar-refractivity contribution in [2.45, 2.75) is 0 Å². The lowest BCUT2D eigenvalue weighted by atomic mass is 10.1. The van der Waals surface area contributed by atoms with E-state index in [1.54, 1.807) is 44.7 Å². The van der Waals surface area contributed by atoms with Crippen molar-refractivity contribution < 1.29 is 19.0 Å². The molecule has 0 fully saturated rings. The Morgan fingerprint density at radius 2 is 1.73 bits per heavy atom. The van der Waals surface area contributed by atoms with Gasteiger partial charge in [-0.15, -0.1) is 0 Å². The van der Waals surface area contributed by atoms with Gasteiger partial charge in [-0.3, -0.25) is 4.99 Å². The predicted molar refractivity (Wildman–Crippen MR) is 99.2 cm³/mol. The van der Waals surface area contributed by atoms with Crippen LogP contribution in [0.1, 0.15) is 11.3 Å². The van der Waals surface area contributed by atoms with E-state index in [1.807, 2.05) is 24.3 Å². The van der Waals surface area contributed by atoms with Crippen LogP contribution in [-0.4, -0.2) is 30.5 Å². The molecular weight excluding hydrogens is 332 g/mol. The van der Waals surface area contributed by atoms with Gasteiger partial charge in [-0.1, -0.05) is 24.3 Å². The van der Waals surface area contributed by atoms with E-state index in [0.29, 0.717) is 22.8 Å². The lowest BCUT2D eigenvalue weighted by Gasteiger charge is -2.09. The van der Waals surface area contributed by atoms with E-state index in [0.717, 1.165) is 16.8 Å². The second-order valence-corrected chi connectivity index (χ2v) is 5.62. The summed E-state index contributed by atoms with van der Waals surface area (Å²) in [5.74, 6) is 1.01. The fraction of sp³-hybridized carbons (Fsp3) is 0.100. The van der Waals surface area contributed by atoms with Gasteiger partial charge in [0.05, 0.1) is 19.9 Å². The van der Waals surface area contributed by atoms with Crippen molar-refractivity contribution in [3.63, 3.8) is 0 Å². The summed E-state index contributed by atoms with van der Waals surface area (Å²) >= 11 is 0. The summed E-state index contributed by atoms with van der Waals surface area (Å²) in [4.78, 5) is 8.77. The van der Waals surface area contributed by atoms with E-state index < -0.39 is 0 Å². The first-order chi connectivity index (χ1) is 12.7. The number of oxazole rings is 1. The number of hydrogen-bond acceptors (Lipinski definition) is 6. The van der Waals surface area contributed by atoms with Gasteiger partial charge in [-0.05, 0) is 24.3 Å². The highest BCUT2D eigenvalue weighted by Crippen LogP contribution is 2.40. The maximum absolute atomic E-state index is 10.2. The molecule has 0 bridgehead atoms. The van der Waals surface area contributed by atoms with Gasteiger partial charge in [-0.25, -0.2) is 4.98 Å². The smallest absolute Gasteiger partial charge is 0.310 e. The van der Waals surface area contributed by atoms with Gasteiger partial charge >= 0.3 is 5.95 Å². The van der Waals surface area contributed by atoms with Crippen LogP contribution in [0.25, 0.3) is 23.1 Å². The lowest BCUT2D eigenvalue weighted by molar-refractivity contribution is 0.334. The van der Waals surface area contributed by atoms with Gasteiger partial charge in [0.15, 0.2) is 0 Å². The molecule has 3 aromatic rings. The van der Waals surface area contributed by atoms with E-state index in [2.05, 4.69) is 9.98 Å². The molecule has 1 aromatic heterocycles. The Morgan fingerprint density at radius 3 is 2.46 bits per heavy atom. The van der Waals surface area contributed by atoms with Gasteiger partial charge in [0.2, 0.25) is 5.89 Å². The summed E-state index contributed by atoms with van der Waals surface area (Å²) in [6.07, 6.45) is 3.47. The van der Waals surface area contributed by atoms with Gasteiger partial charge in [0, 0.05) is 17.4 Å². The Bertz CT molecular complexity index is 1010. The second-order valence-electron chi connectivity index (χ2n) is 5.62. The zero-order valence-corrected chi connectivity index (χ0v) is 14.3. The van der Waals surface area contributed by atoms with Crippen LogP contribution in [-0.2, 0) is 0 Å². The number of hydrogen-bond donors (Lipinski definition) is 1. The van der Waals surface area contributed by atoms with Crippen LogP contribution in [0.15, 0.2) is 51.9 Å². The van der Waals surface area contributed by atoms with Gasteiger partial charge in [0.25, 0.3) is 0 Å². The quantitative estimate of drug-likeness (QED) is 0.760. The number of nitrogens with zero attached hydrogens (tertiary/aromatic N) is 2. The molecule has 0 spiro atoms. The van der Waals surface area contributed by atoms with Crippen molar-refractivity contribution >= 4 is 23.6 Å². The first kappa shape index (κ1) is 16.0. The Balaban J connectivity index is 1.79. The summed E-state index contributed by atoms with van der Waals surface area (Å²) in [6, 6.07) is 13.1. The molecule has 1 aliphatic heterocycles. The molecule has 6 heteroatoms. The minimum atomic E-state index is -0.279. The van der Waals surface area contributed by atoms with E-state index in [4.69, 9.17) is 13.9 Å². The van der Waals surface area contributed by atoms with Crippen LogP contribution in [0.3, 0.4) is 0 Å². The van der Waals surface area contributed by atoms with Crippen molar-refractivity contribution in [3.05, 3.63) is 53.7 Å². The molecule has 2 heterocycles. The molecule has 26 heavy (non-hydrogen) atoms. The van der Waals surface area contributed by atoms with Gasteiger partial charge in [0.1, 0.15) is 22.8 Å². The highest BCUT2D eigenvalue weighted by molar-refractivity contribution is 6.21. The molecule has 2 aromatic carbocycles. The molecule has 0 aliphatic carbocycles. The maximum Gasteiger partial charge on any atom is 0.310 e. The Kier molecular flexibility index (Phi) is 3.93. The number of allylic oxidation sites excluding steroid dienone is 1. The fourth-order valence-corrected chi connectivity index (χ4v) is 2.89. The Morgan fingerprint density at radius 1 is 1.00 bits per heavy atom. The molecule has 130 valence electrons. The second kappa shape index (κ2) is 6.40. The standard InChI is InChI=1S/C20H16N2O4/c1-24-16-8-5-9-17(25-2)18(16)19-22-15(20(23)26-19)10-12-11-21-14-7-4-3-6-13(12)14/h3-11,23H,1-2H3/b12-10+. The van der Waals surface area contributed by atoms with E-state index >= 15 is 0 Å². The van der Waals surface area contributed by atoms with Crippen LogP contribution in [0.5, 0.6) is 17.4 Å². The number of ether oxygens (including phenoxy) is 2. The third-order valence-electron chi connectivity index (χ3n) is 4.13. The molecule has 0 amide bonds. The molecule has 1 aliphatic rings. The number of fused-ring (bicyclic) bond motifs is 1. The zero-order chi connectivity index (χ0) is 18.1. The Labute approximate surface area is 150 Å². The first-order valence-corrected chi connectivity index (χ1v) is 7.97. The number of rotatable bonds is 4. The average molecular weight is 348 g/mol. The molecule has 6 nitrogen and oxygen atoms in total. The van der Waals surface area contributed by atoms with Gasteiger partial charge in [-0.2, -0.15) is 0 Å². The molecule has 0 unspecified atom stereocenters. The number of aromatic hydroxyl groups is 1. The lowest BCUT2D eigenvalue weighted by Crippen LogP contribution is -1.93. The molecule has 1 N–H and O–H groups in total. The van der Waals surface area contributed by atoms with Crippen molar-refractivity contribution in [3.8, 4) is 28.9 Å². The monoisotopic (exact) mass is 348 g/mol. The maximum atomic E-state index is 10.2. The van der Waals surface area contributed by atoms with E-state index in [-0.39, 0.29) is 11.8 Å². The third-order valence-corrected chi connectivity index (χ3v) is 4.13. The summed E-state index contributed by atoms with van der Waals surface area (Å²) < 4.78 is 16.2. The molecule has 0 saturated heterocycles. The zero-order valence-electron chi connectivity index (χ0n) is 14.3. The Hall–Kier alpha value is -3.54. The van der Waals surface area contributed by atoms with Crippen molar-refractivity contribution in [1.29, 1.82) is 0 Å². The van der Waals surface area contributed by atoms with Crippen LogP contribution in [0.4, 0.5) is 5.69 Å². The number of benzene rings is 2. The predicted octanol–water partition coefficient (Wildman–Crippen LogP) is 4.32. The highest BCUT2D eigenvalue weighted by Gasteiger charge is 2.21. The first-order valence-electron chi connectivity index (χ1n) is 7.97. The summed E-state index contributed by atoms with van der Waals surface area (Å²) in [5.41, 5.74) is 3.56. The average Bonchev–Trinajstić information content (AvgIpc) is 3.25. The van der Waals surface area contributed by atoms with E-state index in [9.17, 15) is 5.11 Å². The fourth-order valence-electron chi connectivity index (χ4n) is 2.89. The minimum absolute atomic E-state index is 0.215. The summed E-state index contributed by atoms with van der Waals surface area (Å²) in [7, 11) is 3.10. The highest BCUT2D eigenvalue weighted by atomic mass is 16.5. The molecule has 0 radical (unpaired) electrons. The molecule has 0 saturated carbocycles. The van der Waals surface area contributed by atoms with Crippen LogP contribution >= 0.6 is 0 Å². The third kappa shape index (κ3) is 2.61. The molecule has 0 atom stereocenters. The van der Waals surface area contributed by atoms with Crippen molar-refractivity contribution in [1.82, 2.24) is 4.98 Å². The largest absolute Gasteiger partial charge is 0.496 e. The van der Waals surface area contributed by atoms with Gasteiger partial charge < -0.3 is 19.0 Å². The number of aliphatic imine (C=N–C) groups is 1. The molecule has 4 rings (SSSR count). The van der Waals surface area contributed by atoms with Crippen LogP contribution in [0.2, 0.25) is 0 Å². The van der Waals surface area contributed by atoms with Crippen molar-refractivity contribution in [2.75, 3.05) is 14.2 Å². The summed E-state index contributed by atoms with van der Waals surface area (Å²) in [6.45, 7) is 0. The topological polar surface area (TPSA) is 77.1 Å². The SMILES string of the molecule is COc1cccc(OC)c1-c1nc(/C=C2\C=Nc3ccccc32)c(O)o1. The minimum Gasteiger partial charge on any atom is -0.496 e. The van der Waals surface area contributed by atoms with Crippen molar-refractivity contribution in [2.24, 2.45) is 4.99 Å². The summed E-state index contributed by atoms with van der Waals surface area (Å²) in [5, 5.41) is 10.2. The number of para-hydroxylation sites is 1. The van der Waals surface area contributed by atoms with E-state index in [1.165, 1.54) is 0 Å². The molecular formula is C20H16N2O4.